The van der Waals surface area contributed by atoms with Gasteiger partial charge < -0.3 is 10.6 Å². The average Bonchev–Trinajstić information content (AvgIpc) is 3.38. The van der Waals surface area contributed by atoms with Crippen LogP contribution in [0.4, 0.5) is 0 Å². The van der Waals surface area contributed by atoms with Crippen molar-refractivity contribution >= 4 is 41.3 Å². The van der Waals surface area contributed by atoms with Crippen molar-refractivity contribution in [1.29, 1.82) is 0 Å². The summed E-state index contributed by atoms with van der Waals surface area (Å²) in [5.74, 6) is 0.825. The molecule has 0 bridgehead atoms. The van der Waals surface area contributed by atoms with Crippen molar-refractivity contribution in [2.45, 2.75) is 24.8 Å². The molecule has 0 amide bonds. The first-order chi connectivity index (χ1) is 13.3. The number of benzene rings is 2. The van der Waals surface area contributed by atoms with Crippen molar-refractivity contribution in [1.82, 2.24) is 15.6 Å². The third-order valence-electron chi connectivity index (χ3n) is 5.07. The Hall–Kier alpha value is -1.93. The van der Waals surface area contributed by atoms with Crippen molar-refractivity contribution in [2.24, 2.45) is 4.99 Å². The topological polar surface area (TPSA) is 49.3 Å². The molecule has 0 radical (unpaired) electrons. The molecule has 0 unspecified atom stereocenters. The second-order valence-corrected chi connectivity index (χ2v) is 7.79. The summed E-state index contributed by atoms with van der Waals surface area (Å²) in [6.07, 6.45) is 2.46. The van der Waals surface area contributed by atoms with Crippen LogP contribution in [0.15, 0.2) is 71.0 Å². The minimum Gasteiger partial charge on any atom is -0.356 e. The summed E-state index contributed by atoms with van der Waals surface area (Å²) in [4.78, 5) is 9.09. The van der Waals surface area contributed by atoms with E-state index in [0.29, 0.717) is 6.54 Å². The third kappa shape index (κ3) is 4.91. The molecule has 4 nitrogen and oxygen atoms in total. The minimum atomic E-state index is 0. The van der Waals surface area contributed by atoms with Crippen molar-refractivity contribution < 1.29 is 0 Å². The Kier molecular flexibility index (Phi) is 7.07. The molecule has 3 aromatic rings. The second-order valence-electron chi connectivity index (χ2n) is 6.94. The molecular weight excluding hydrogens is 479 g/mol. The molecule has 1 aliphatic carbocycles. The number of aliphatic imine (C=N–C) groups is 1. The number of nitrogens with zero attached hydrogens (tertiary/aromatic N) is 2. The maximum atomic E-state index is 4.73. The van der Waals surface area contributed by atoms with Gasteiger partial charge in [0.05, 0.1) is 12.2 Å². The summed E-state index contributed by atoms with van der Waals surface area (Å²) in [5, 5.41) is 10.0. The molecule has 2 N–H and O–H groups in total. The molecule has 1 aromatic heterocycles. The lowest BCUT2D eigenvalue weighted by atomic mass is 9.96. The Morgan fingerprint density at radius 3 is 2.36 bits per heavy atom. The average molecular weight is 504 g/mol. The van der Waals surface area contributed by atoms with Crippen LogP contribution in [-0.2, 0) is 12.0 Å². The molecular formula is C22H25IN4S. The molecule has 146 valence electrons. The van der Waals surface area contributed by atoms with Crippen molar-refractivity contribution in [3.05, 3.63) is 77.3 Å². The number of thiazole rings is 1. The van der Waals surface area contributed by atoms with Crippen LogP contribution in [0.1, 0.15) is 24.1 Å². The highest BCUT2D eigenvalue weighted by Gasteiger charge is 2.43. The Morgan fingerprint density at radius 1 is 1.04 bits per heavy atom. The minimum absolute atomic E-state index is 0. The molecule has 0 atom stereocenters. The van der Waals surface area contributed by atoms with Gasteiger partial charge in [-0.2, -0.15) is 0 Å². The predicted octanol–water partition coefficient (Wildman–Crippen LogP) is 4.82. The highest BCUT2D eigenvalue weighted by Crippen LogP contribution is 2.47. The van der Waals surface area contributed by atoms with E-state index in [1.54, 1.807) is 11.3 Å². The first kappa shape index (κ1) is 20.8. The summed E-state index contributed by atoms with van der Waals surface area (Å²) >= 11 is 1.68. The first-order valence-electron chi connectivity index (χ1n) is 9.29. The van der Waals surface area contributed by atoms with E-state index in [9.17, 15) is 0 Å². The normalized spacial score (nSPS) is 14.8. The fraction of sp³-hybridized carbons (Fsp3) is 0.273. The quantitative estimate of drug-likeness (QED) is 0.288. The van der Waals surface area contributed by atoms with Gasteiger partial charge in [0.1, 0.15) is 5.01 Å². The first-order valence-corrected chi connectivity index (χ1v) is 10.2. The monoisotopic (exact) mass is 504 g/mol. The van der Waals surface area contributed by atoms with E-state index in [1.807, 2.05) is 25.2 Å². The number of rotatable bonds is 6. The van der Waals surface area contributed by atoms with Gasteiger partial charge in [-0.05, 0) is 18.4 Å². The van der Waals surface area contributed by atoms with Crippen LogP contribution in [0.2, 0.25) is 0 Å². The smallest absolute Gasteiger partial charge is 0.191 e. The fourth-order valence-corrected chi connectivity index (χ4v) is 4.09. The Morgan fingerprint density at radius 2 is 1.71 bits per heavy atom. The molecule has 4 rings (SSSR count). The van der Waals surface area contributed by atoms with Gasteiger partial charge in [0.25, 0.3) is 0 Å². The van der Waals surface area contributed by atoms with Crippen molar-refractivity contribution in [3.8, 4) is 10.6 Å². The lowest BCUT2D eigenvalue weighted by Crippen LogP contribution is -2.40. The lowest BCUT2D eigenvalue weighted by molar-refractivity contribution is 0.645. The Balaban J connectivity index is 0.00000225. The van der Waals surface area contributed by atoms with E-state index in [-0.39, 0.29) is 29.4 Å². The van der Waals surface area contributed by atoms with Crippen LogP contribution in [0, 0.1) is 0 Å². The van der Waals surface area contributed by atoms with Gasteiger partial charge in [0.15, 0.2) is 5.96 Å². The molecule has 1 heterocycles. The lowest BCUT2D eigenvalue weighted by Gasteiger charge is -2.18. The van der Waals surface area contributed by atoms with E-state index in [0.717, 1.165) is 28.8 Å². The third-order valence-corrected chi connectivity index (χ3v) is 6.01. The summed E-state index contributed by atoms with van der Waals surface area (Å²) in [5.41, 5.74) is 3.88. The summed E-state index contributed by atoms with van der Waals surface area (Å²) in [6.45, 7) is 1.57. The van der Waals surface area contributed by atoms with Crippen molar-refractivity contribution in [3.63, 3.8) is 0 Å². The van der Waals surface area contributed by atoms with E-state index >= 15 is 0 Å². The molecule has 1 fully saturated rings. The summed E-state index contributed by atoms with van der Waals surface area (Å²) < 4.78 is 0. The maximum absolute atomic E-state index is 4.73. The van der Waals surface area contributed by atoms with E-state index in [4.69, 9.17) is 4.98 Å². The van der Waals surface area contributed by atoms with Crippen LogP contribution in [-0.4, -0.2) is 24.5 Å². The molecule has 0 spiro atoms. The molecule has 1 saturated carbocycles. The predicted molar refractivity (Wildman–Crippen MR) is 129 cm³/mol. The van der Waals surface area contributed by atoms with Crippen LogP contribution >= 0.6 is 35.3 Å². The molecule has 2 aromatic carbocycles. The highest BCUT2D eigenvalue weighted by atomic mass is 127. The number of hydrogen-bond acceptors (Lipinski definition) is 3. The molecule has 0 saturated heterocycles. The van der Waals surface area contributed by atoms with Crippen LogP contribution in [0.3, 0.4) is 0 Å². The Labute approximate surface area is 187 Å². The van der Waals surface area contributed by atoms with Crippen molar-refractivity contribution in [2.75, 3.05) is 13.6 Å². The van der Waals surface area contributed by atoms with E-state index < -0.39 is 0 Å². The largest absolute Gasteiger partial charge is 0.356 e. The summed E-state index contributed by atoms with van der Waals surface area (Å²) in [6, 6.07) is 21.1. The number of nitrogens with one attached hydrogen (secondary N) is 2. The zero-order valence-electron chi connectivity index (χ0n) is 15.9. The Bertz CT molecular complexity index is 905. The van der Waals surface area contributed by atoms with Gasteiger partial charge in [-0.15, -0.1) is 35.3 Å². The van der Waals surface area contributed by atoms with Gasteiger partial charge in [0, 0.05) is 30.0 Å². The molecule has 6 heteroatoms. The standard InChI is InChI=1S/C22H24N4S.HI/c1-23-21(25-16-22(12-13-22)18-10-6-3-7-11-18)24-14-19-15-27-20(26-19)17-8-4-2-5-9-17;/h2-11,15H,12-14,16H2,1H3,(H2,23,24,25);1H. The molecule has 0 aliphatic heterocycles. The van der Waals surface area contributed by atoms with Gasteiger partial charge in [-0.3, -0.25) is 4.99 Å². The van der Waals surface area contributed by atoms with Gasteiger partial charge >= 0.3 is 0 Å². The second kappa shape index (κ2) is 9.52. The molecule has 28 heavy (non-hydrogen) atoms. The van der Waals surface area contributed by atoms with Crippen LogP contribution < -0.4 is 10.6 Å². The maximum Gasteiger partial charge on any atom is 0.191 e. The number of hydrogen-bond donors (Lipinski definition) is 2. The molecule has 1 aliphatic rings. The zero-order valence-corrected chi connectivity index (χ0v) is 19.0. The van der Waals surface area contributed by atoms with Crippen LogP contribution in [0.25, 0.3) is 10.6 Å². The van der Waals surface area contributed by atoms with Gasteiger partial charge in [-0.1, -0.05) is 60.7 Å². The number of guanidine groups is 1. The van der Waals surface area contributed by atoms with E-state index in [2.05, 4.69) is 63.5 Å². The highest BCUT2D eigenvalue weighted by molar-refractivity contribution is 14.0. The summed E-state index contributed by atoms with van der Waals surface area (Å²) in [7, 11) is 1.81. The van der Waals surface area contributed by atoms with Gasteiger partial charge in [-0.25, -0.2) is 4.98 Å². The van der Waals surface area contributed by atoms with Crippen LogP contribution in [0.5, 0.6) is 0 Å². The van der Waals surface area contributed by atoms with E-state index in [1.165, 1.54) is 18.4 Å². The zero-order chi connectivity index (χ0) is 18.5. The number of halogens is 1. The van der Waals surface area contributed by atoms with Gasteiger partial charge in [0.2, 0.25) is 0 Å². The fourth-order valence-electron chi connectivity index (χ4n) is 3.26. The SMILES string of the molecule is CN=C(NCc1csc(-c2ccccc2)n1)NCC1(c2ccccc2)CC1.I. The number of aromatic nitrogens is 1.